The van der Waals surface area contributed by atoms with E-state index in [0.29, 0.717) is 0 Å². The molecule has 212 valence electrons. The van der Waals surface area contributed by atoms with E-state index in [1.807, 2.05) is 0 Å². The van der Waals surface area contributed by atoms with Crippen molar-refractivity contribution < 1.29 is 9.31 Å². The van der Waals surface area contributed by atoms with E-state index in [4.69, 9.17) is 9.31 Å². The molecule has 4 heteroatoms. The first-order valence-corrected chi connectivity index (χ1v) is 15.4. The van der Waals surface area contributed by atoms with Crippen LogP contribution in [0.2, 0.25) is 0 Å². The van der Waals surface area contributed by atoms with Gasteiger partial charge in [0.05, 0.1) is 22.2 Å². The summed E-state index contributed by atoms with van der Waals surface area (Å²) in [5.74, 6) is 0.162. The molecule has 2 heterocycles. The summed E-state index contributed by atoms with van der Waals surface area (Å²) < 4.78 is 15.8. The molecule has 1 aromatic heterocycles. The zero-order valence-electron chi connectivity index (χ0n) is 25.7. The van der Waals surface area contributed by atoms with Gasteiger partial charge < -0.3 is 13.9 Å². The molecular formula is C39H36BNO2. The molecule has 3 nitrogen and oxygen atoms in total. The minimum Gasteiger partial charge on any atom is -0.399 e. The Labute approximate surface area is 254 Å². The van der Waals surface area contributed by atoms with E-state index >= 15 is 0 Å². The minimum absolute atomic E-state index is 0.162. The van der Waals surface area contributed by atoms with Gasteiger partial charge in [-0.1, -0.05) is 85.8 Å². The van der Waals surface area contributed by atoms with Crippen LogP contribution >= 0.6 is 0 Å². The summed E-state index contributed by atoms with van der Waals surface area (Å²) >= 11 is 0. The average molecular weight is 562 g/mol. The van der Waals surface area contributed by atoms with E-state index in [1.165, 1.54) is 66.4 Å². The molecule has 5 aromatic carbocycles. The Hall–Kier alpha value is -4.12. The van der Waals surface area contributed by atoms with Gasteiger partial charge in [-0.15, -0.1) is 0 Å². The molecule has 8 rings (SSSR count). The number of hydrogen-bond donors (Lipinski definition) is 0. The lowest BCUT2D eigenvalue weighted by Gasteiger charge is -2.32. The molecule has 1 aliphatic heterocycles. The van der Waals surface area contributed by atoms with E-state index in [9.17, 15) is 0 Å². The quantitative estimate of drug-likeness (QED) is 0.197. The van der Waals surface area contributed by atoms with Gasteiger partial charge >= 0.3 is 7.12 Å². The fraction of sp³-hybridized carbons (Fsp3) is 0.231. The van der Waals surface area contributed by atoms with Crippen LogP contribution in [0.5, 0.6) is 0 Å². The van der Waals surface area contributed by atoms with E-state index in [-0.39, 0.29) is 5.92 Å². The van der Waals surface area contributed by atoms with Crippen molar-refractivity contribution in [2.45, 2.75) is 58.7 Å². The highest BCUT2D eigenvalue weighted by molar-refractivity contribution is 6.64. The molecule has 43 heavy (non-hydrogen) atoms. The largest absolute Gasteiger partial charge is 0.495 e. The zero-order valence-corrected chi connectivity index (χ0v) is 25.7. The van der Waals surface area contributed by atoms with Gasteiger partial charge in [-0.3, -0.25) is 0 Å². The van der Waals surface area contributed by atoms with Gasteiger partial charge in [0.2, 0.25) is 0 Å². The molecule has 1 saturated heterocycles. The fourth-order valence-electron chi connectivity index (χ4n) is 7.39. The Balaban J connectivity index is 1.52. The topological polar surface area (TPSA) is 23.4 Å². The second kappa shape index (κ2) is 9.19. The number of hydrogen-bond acceptors (Lipinski definition) is 2. The Morgan fingerprint density at radius 3 is 1.95 bits per heavy atom. The van der Waals surface area contributed by atoms with Crippen LogP contribution in [0.25, 0.3) is 49.7 Å². The third-order valence-electron chi connectivity index (χ3n) is 10.3. The molecule has 1 unspecified atom stereocenters. The maximum atomic E-state index is 6.67. The molecule has 1 fully saturated rings. The van der Waals surface area contributed by atoms with Crippen LogP contribution in [-0.4, -0.2) is 22.9 Å². The highest BCUT2D eigenvalue weighted by Crippen LogP contribution is 2.47. The number of para-hydroxylation sites is 1. The summed E-state index contributed by atoms with van der Waals surface area (Å²) in [6.45, 7) is 13.1. The molecule has 0 N–H and O–H groups in total. The van der Waals surface area contributed by atoms with Crippen LogP contribution in [-0.2, 0) is 9.31 Å². The summed E-state index contributed by atoms with van der Waals surface area (Å²) in [5, 5.41) is 2.64. The molecule has 2 aliphatic rings. The number of aromatic nitrogens is 1. The summed E-state index contributed by atoms with van der Waals surface area (Å²) in [5.41, 5.74) is 12.8. The van der Waals surface area contributed by atoms with Gasteiger partial charge in [0.25, 0.3) is 0 Å². The van der Waals surface area contributed by atoms with Crippen LogP contribution < -0.4 is 5.46 Å². The highest BCUT2D eigenvalue weighted by Gasteiger charge is 2.52. The van der Waals surface area contributed by atoms with E-state index in [1.54, 1.807) is 0 Å². The van der Waals surface area contributed by atoms with Crippen LogP contribution in [0, 0.1) is 6.92 Å². The first-order chi connectivity index (χ1) is 20.7. The third-order valence-corrected chi connectivity index (χ3v) is 10.3. The normalized spacial score (nSPS) is 18.4. The Morgan fingerprint density at radius 2 is 1.21 bits per heavy atom. The molecule has 6 aromatic rings. The van der Waals surface area contributed by atoms with Crippen molar-refractivity contribution in [3.8, 4) is 27.9 Å². The molecule has 1 aliphatic carbocycles. The Morgan fingerprint density at radius 1 is 0.605 bits per heavy atom. The number of rotatable bonds is 2. The summed E-state index contributed by atoms with van der Waals surface area (Å²) in [7, 11) is -0.451. The van der Waals surface area contributed by atoms with E-state index in [2.05, 4.69) is 149 Å². The van der Waals surface area contributed by atoms with Gasteiger partial charge in [0, 0.05) is 22.4 Å². The van der Waals surface area contributed by atoms with Crippen molar-refractivity contribution in [1.82, 2.24) is 4.57 Å². The van der Waals surface area contributed by atoms with Crippen molar-refractivity contribution in [3.05, 3.63) is 120 Å². The SMILES string of the molecule is Cc1c2ccc(B3OC(C)(C)C(C)(C)O3)c1-c1ccccc1C(C)c1cccc3c1c1c-2cccc1n3-c1ccccc1. The lowest BCUT2D eigenvalue weighted by atomic mass is 9.70. The first-order valence-electron chi connectivity index (χ1n) is 15.4. The summed E-state index contributed by atoms with van der Waals surface area (Å²) in [6.07, 6.45) is 0. The molecule has 0 spiro atoms. The first kappa shape index (κ1) is 26.5. The standard InChI is InChI=1S/C39H36BNO2/c1-24-27-16-10-11-17-30(27)35-25(2)28(22-23-32(35)40-42-38(3,4)39(5,6)43-40)31-19-13-21-34-37(31)36-29(24)18-12-20-33(36)41(34)26-14-8-7-9-15-26/h7-24H,1-6H3. The Kier molecular flexibility index (Phi) is 5.67. The predicted molar refractivity (Wildman–Crippen MR) is 180 cm³/mol. The highest BCUT2D eigenvalue weighted by atomic mass is 16.7. The van der Waals surface area contributed by atoms with Crippen molar-refractivity contribution in [2.24, 2.45) is 0 Å². The molecule has 0 saturated carbocycles. The van der Waals surface area contributed by atoms with E-state index < -0.39 is 18.3 Å². The van der Waals surface area contributed by atoms with Gasteiger partial charge in [-0.05, 0) is 103 Å². The monoisotopic (exact) mass is 561 g/mol. The molecule has 0 amide bonds. The zero-order chi connectivity index (χ0) is 29.7. The van der Waals surface area contributed by atoms with Crippen molar-refractivity contribution >= 4 is 34.4 Å². The van der Waals surface area contributed by atoms with E-state index in [0.717, 1.165) is 5.46 Å². The van der Waals surface area contributed by atoms with Gasteiger partial charge in [0.1, 0.15) is 0 Å². The lowest BCUT2D eigenvalue weighted by molar-refractivity contribution is 0.00578. The van der Waals surface area contributed by atoms with Gasteiger partial charge in [-0.25, -0.2) is 0 Å². The smallest absolute Gasteiger partial charge is 0.399 e. The summed E-state index contributed by atoms with van der Waals surface area (Å²) in [4.78, 5) is 0. The number of nitrogens with zero attached hydrogens (tertiary/aromatic N) is 1. The predicted octanol–water partition coefficient (Wildman–Crippen LogP) is 9.19. The molecular weight excluding hydrogens is 525 g/mol. The van der Waals surface area contributed by atoms with Crippen LogP contribution in [0.15, 0.2) is 103 Å². The van der Waals surface area contributed by atoms with Crippen LogP contribution in [0.3, 0.4) is 0 Å². The number of benzene rings is 5. The second-order valence-electron chi connectivity index (χ2n) is 13.2. The summed E-state index contributed by atoms with van der Waals surface area (Å²) in [6, 6.07) is 37.8. The van der Waals surface area contributed by atoms with Gasteiger partial charge in [-0.2, -0.15) is 0 Å². The van der Waals surface area contributed by atoms with Crippen LogP contribution in [0.4, 0.5) is 0 Å². The lowest BCUT2D eigenvalue weighted by Crippen LogP contribution is -2.41. The van der Waals surface area contributed by atoms with Crippen molar-refractivity contribution in [2.75, 3.05) is 0 Å². The molecule has 1 atom stereocenters. The molecule has 2 bridgehead atoms. The number of fused-ring (bicyclic) bond motifs is 5. The maximum Gasteiger partial charge on any atom is 0.495 e. The van der Waals surface area contributed by atoms with Crippen molar-refractivity contribution in [3.63, 3.8) is 0 Å². The average Bonchev–Trinajstić information content (AvgIpc) is 3.46. The third kappa shape index (κ3) is 3.70. The Bertz CT molecular complexity index is 2060. The maximum absolute atomic E-state index is 6.67. The minimum atomic E-state index is -0.451. The van der Waals surface area contributed by atoms with Crippen LogP contribution in [0.1, 0.15) is 57.2 Å². The molecule has 0 radical (unpaired) electrons. The van der Waals surface area contributed by atoms with Gasteiger partial charge in [0.15, 0.2) is 0 Å². The fourth-order valence-corrected chi connectivity index (χ4v) is 7.39. The second-order valence-corrected chi connectivity index (χ2v) is 13.2. The van der Waals surface area contributed by atoms with Crippen molar-refractivity contribution in [1.29, 1.82) is 0 Å².